The second kappa shape index (κ2) is 9.70. The summed E-state index contributed by atoms with van der Waals surface area (Å²) < 4.78 is 7.52. The molecule has 160 valence electrons. The number of imidazole rings is 1. The van der Waals surface area contributed by atoms with Gasteiger partial charge in [-0.3, -0.25) is 4.57 Å². The first-order valence-electron chi connectivity index (χ1n) is 9.79. The average Bonchev–Trinajstić information content (AvgIpc) is 3.22. The van der Waals surface area contributed by atoms with Gasteiger partial charge in [-0.15, -0.1) is 0 Å². The van der Waals surface area contributed by atoms with Crippen LogP contribution in [0.3, 0.4) is 0 Å². The summed E-state index contributed by atoms with van der Waals surface area (Å²) >= 11 is 1.68. The van der Waals surface area contributed by atoms with Gasteiger partial charge in [0.1, 0.15) is 17.7 Å². The van der Waals surface area contributed by atoms with Crippen molar-refractivity contribution in [1.82, 2.24) is 19.5 Å². The molecule has 0 aromatic carbocycles. The van der Waals surface area contributed by atoms with Crippen molar-refractivity contribution in [2.24, 2.45) is 11.0 Å². The zero-order chi connectivity index (χ0) is 21.0. The summed E-state index contributed by atoms with van der Waals surface area (Å²) in [6.45, 7) is 6.29. The van der Waals surface area contributed by atoms with E-state index in [0.29, 0.717) is 22.8 Å². The van der Waals surface area contributed by atoms with Crippen LogP contribution in [0.15, 0.2) is 11.4 Å². The summed E-state index contributed by atoms with van der Waals surface area (Å²) in [5.41, 5.74) is 9.59. The first-order chi connectivity index (χ1) is 13.9. The minimum atomic E-state index is -1.10. The molecule has 1 unspecified atom stereocenters. The van der Waals surface area contributed by atoms with Gasteiger partial charge in [-0.05, 0) is 24.5 Å². The number of aliphatic hydroxyl groups excluding tert-OH is 2. The number of nitrogen functional groups attached to an aromatic ring is 1. The molecule has 0 saturated carbocycles. The maximum Gasteiger partial charge on any atom is 0.247 e. The Bertz CT molecular complexity index is 844. The van der Waals surface area contributed by atoms with Crippen LogP contribution in [0.4, 0.5) is 11.8 Å². The van der Waals surface area contributed by atoms with Crippen LogP contribution in [0.25, 0.3) is 11.2 Å². The van der Waals surface area contributed by atoms with Gasteiger partial charge >= 0.3 is 0 Å². The number of fused-ring (bicyclic) bond motifs is 1. The lowest BCUT2D eigenvalue weighted by Crippen LogP contribution is -2.32. The molecule has 11 heteroatoms. The van der Waals surface area contributed by atoms with Crippen LogP contribution in [-0.2, 0) is 4.74 Å². The van der Waals surface area contributed by atoms with Gasteiger partial charge in [0, 0.05) is 12.0 Å². The zero-order valence-corrected chi connectivity index (χ0v) is 17.7. The highest BCUT2D eigenvalue weighted by Crippen LogP contribution is 2.33. The Hall–Kier alpha value is -1.95. The monoisotopic (exact) mass is 423 g/mol. The summed E-state index contributed by atoms with van der Waals surface area (Å²) in [5.74, 6) is 2.48. The molecule has 2 aromatic rings. The smallest absolute Gasteiger partial charge is 0.247 e. The molecule has 3 heterocycles. The molecular weight excluding hydrogens is 394 g/mol. The predicted octanol–water partition coefficient (Wildman–Crippen LogP) is 1.61. The van der Waals surface area contributed by atoms with E-state index in [4.69, 9.17) is 10.5 Å². The molecule has 4 atom stereocenters. The molecular formula is C18H29N7O3S. The Morgan fingerprint density at radius 2 is 2.17 bits per heavy atom. The van der Waals surface area contributed by atoms with Crippen molar-refractivity contribution in [3.8, 4) is 0 Å². The highest BCUT2D eigenvalue weighted by atomic mass is 32.2. The van der Waals surface area contributed by atoms with Crippen LogP contribution >= 0.6 is 11.8 Å². The number of nitrogens with one attached hydrogen (secondary N) is 1. The van der Waals surface area contributed by atoms with Gasteiger partial charge in [-0.25, -0.2) is 10.4 Å². The van der Waals surface area contributed by atoms with E-state index in [9.17, 15) is 10.2 Å². The number of thioether (sulfide) groups is 1. The minimum absolute atomic E-state index is 0.193. The number of nitrogens with zero attached hydrogens (tertiary/aromatic N) is 5. The first-order valence-corrected chi connectivity index (χ1v) is 10.9. The summed E-state index contributed by atoms with van der Waals surface area (Å²) in [5, 5.41) is 25.0. The third kappa shape index (κ3) is 4.97. The van der Waals surface area contributed by atoms with Crippen LogP contribution in [-0.4, -0.2) is 65.8 Å². The van der Waals surface area contributed by atoms with Crippen molar-refractivity contribution in [2.45, 2.75) is 58.2 Å². The van der Waals surface area contributed by atoms with Crippen LogP contribution in [0.5, 0.6) is 0 Å². The van der Waals surface area contributed by atoms with Crippen molar-refractivity contribution in [3.63, 3.8) is 0 Å². The van der Waals surface area contributed by atoms with E-state index >= 15 is 0 Å². The number of nitrogens with two attached hydrogens (primary N) is 1. The van der Waals surface area contributed by atoms with Crippen molar-refractivity contribution < 1.29 is 14.9 Å². The standard InChI is InChI=1S/C18H29N7O3S/c1-4-7-29-8-11-13(26)14(27)17(28-11)25-9-20-12-15(19)22-18(23-16(12)25)24-21-6-5-10(2)3/h6,9-11,13-14,17,26-27H,4-5,7-8H2,1-3H3,(H3,19,22,23,24)/b21-6+/t11-,13+,14?,17-/m1/s1. The highest BCUT2D eigenvalue weighted by molar-refractivity contribution is 7.99. The van der Waals surface area contributed by atoms with Crippen molar-refractivity contribution in [2.75, 3.05) is 22.7 Å². The molecule has 0 bridgehead atoms. The third-order valence-electron chi connectivity index (χ3n) is 4.52. The maximum absolute atomic E-state index is 10.5. The Balaban J connectivity index is 1.81. The number of aromatic nitrogens is 4. The van der Waals surface area contributed by atoms with Crippen LogP contribution in [0.2, 0.25) is 0 Å². The van der Waals surface area contributed by atoms with Gasteiger partial charge < -0.3 is 20.7 Å². The van der Waals surface area contributed by atoms with Gasteiger partial charge in [0.05, 0.1) is 12.4 Å². The first kappa shape index (κ1) is 21.8. The molecule has 10 nitrogen and oxygen atoms in total. The van der Waals surface area contributed by atoms with Gasteiger partial charge in [-0.1, -0.05) is 20.8 Å². The number of rotatable bonds is 9. The Kier molecular flexibility index (Phi) is 7.28. The second-order valence-corrected chi connectivity index (χ2v) is 8.58. The van der Waals surface area contributed by atoms with Crippen molar-refractivity contribution in [1.29, 1.82) is 0 Å². The number of hydrazone groups is 1. The Morgan fingerprint density at radius 3 is 2.90 bits per heavy atom. The molecule has 2 aromatic heterocycles. The minimum Gasteiger partial charge on any atom is -0.387 e. The van der Waals surface area contributed by atoms with Crippen LogP contribution < -0.4 is 11.2 Å². The highest BCUT2D eigenvalue weighted by Gasteiger charge is 2.44. The molecule has 0 radical (unpaired) electrons. The van der Waals surface area contributed by atoms with Crippen LogP contribution in [0, 0.1) is 5.92 Å². The molecule has 0 amide bonds. The van der Waals surface area contributed by atoms with Crippen LogP contribution in [0.1, 0.15) is 39.8 Å². The molecule has 1 aliphatic rings. The lowest BCUT2D eigenvalue weighted by molar-refractivity contribution is -0.0288. The number of hydrogen-bond donors (Lipinski definition) is 4. The van der Waals surface area contributed by atoms with Crippen molar-refractivity contribution in [3.05, 3.63) is 6.33 Å². The number of aliphatic hydroxyl groups is 2. The molecule has 5 N–H and O–H groups in total. The number of hydrogen-bond acceptors (Lipinski definition) is 10. The van der Waals surface area contributed by atoms with Gasteiger partial charge in [0.15, 0.2) is 17.7 Å². The van der Waals surface area contributed by atoms with E-state index in [2.05, 4.69) is 46.3 Å². The Morgan fingerprint density at radius 1 is 1.38 bits per heavy atom. The maximum atomic E-state index is 10.5. The second-order valence-electron chi connectivity index (χ2n) is 7.43. The lowest BCUT2D eigenvalue weighted by Gasteiger charge is -2.16. The molecule has 1 saturated heterocycles. The summed E-state index contributed by atoms with van der Waals surface area (Å²) in [6.07, 6.45) is 1.73. The lowest BCUT2D eigenvalue weighted by atomic mass is 10.1. The SMILES string of the molecule is CCCSC[C@H]1O[C@@H](n2cnc3c(N)nc(N/N=C/CC(C)C)nc32)C(O)[C@H]1O. The topological polar surface area (TPSA) is 144 Å². The van der Waals surface area contributed by atoms with E-state index in [1.165, 1.54) is 6.33 Å². The quantitative estimate of drug-likeness (QED) is 0.268. The average molecular weight is 424 g/mol. The van der Waals surface area contributed by atoms with Gasteiger partial charge in [0.25, 0.3) is 0 Å². The fourth-order valence-corrected chi connectivity index (χ4v) is 3.95. The third-order valence-corrected chi connectivity index (χ3v) is 5.78. The molecule has 0 spiro atoms. The molecule has 1 fully saturated rings. The molecule has 3 rings (SSSR count). The number of anilines is 2. The normalized spacial score (nSPS) is 24.9. The fourth-order valence-electron chi connectivity index (χ4n) is 2.98. The van der Waals surface area contributed by atoms with E-state index in [1.807, 2.05) is 0 Å². The van der Waals surface area contributed by atoms with E-state index in [-0.39, 0.29) is 11.8 Å². The fraction of sp³-hybridized carbons (Fsp3) is 0.667. The van der Waals surface area contributed by atoms with Gasteiger partial charge in [-0.2, -0.15) is 26.8 Å². The molecule has 29 heavy (non-hydrogen) atoms. The van der Waals surface area contributed by atoms with E-state index in [0.717, 1.165) is 18.6 Å². The summed E-state index contributed by atoms with van der Waals surface area (Å²) in [6, 6.07) is 0. The van der Waals surface area contributed by atoms with E-state index in [1.54, 1.807) is 22.5 Å². The largest absolute Gasteiger partial charge is 0.387 e. The number of ether oxygens (including phenoxy) is 1. The zero-order valence-electron chi connectivity index (χ0n) is 16.9. The van der Waals surface area contributed by atoms with Crippen molar-refractivity contribution >= 4 is 40.9 Å². The Labute approximate surface area is 174 Å². The molecule has 0 aliphatic carbocycles. The summed E-state index contributed by atoms with van der Waals surface area (Å²) in [4.78, 5) is 12.8. The van der Waals surface area contributed by atoms with Gasteiger partial charge in [0.2, 0.25) is 5.95 Å². The predicted molar refractivity (Wildman–Crippen MR) is 115 cm³/mol. The van der Waals surface area contributed by atoms with E-state index < -0.39 is 24.5 Å². The summed E-state index contributed by atoms with van der Waals surface area (Å²) in [7, 11) is 0. The molecule has 1 aliphatic heterocycles.